The Balaban J connectivity index is 1.26. The van der Waals surface area contributed by atoms with Crippen molar-refractivity contribution >= 4 is 65.4 Å². The summed E-state index contributed by atoms with van der Waals surface area (Å²) in [7, 11) is 0. The predicted octanol–water partition coefficient (Wildman–Crippen LogP) is 10.4. The molecule has 0 aliphatic carbocycles. The molecule has 214 valence electrons. The highest BCUT2D eigenvalue weighted by atomic mass is 16.3. The zero-order valence-electron chi connectivity index (χ0n) is 24.3. The summed E-state index contributed by atoms with van der Waals surface area (Å²) in [6.07, 6.45) is 3.61. The quantitative estimate of drug-likeness (QED) is 0.204. The molecular weight excluding hydrogens is 568 g/mol. The molecule has 46 heavy (non-hydrogen) atoms. The van der Waals surface area contributed by atoms with Crippen LogP contribution < -0.4 is 0 Å². The first kappa shape index (κ1) is 25.0. The van der Waals surface area contributed by atoms with Crippen molar-refractivity contribution < 1.29 is 8.83 Å². The molecule has 0 saturated heterocycles. The van der Waals surface area contributed by atoms with Crippen LogP contribution in [0, 0.1) is 0 Å². The number of para-hydroxylation sites is 1. The number of aromatic nitrogens is 4. The number of benzene rings is 6. The van der Waals surface area contributed by atoms with Crippen molar-refractivity contribution in [3.8, 4) is 34.2 Å². The molecular formula is C40H22N4O2. The van der Waals surface area contributed by atoms with Gasteiger partial charge < -0.3 is 8.83 Å². The minimum Gasteiger partial charge on any atom is -0.456 e. The second kappa shape index (κ2) is 9.55. The van der Waals surface area contributed by atoms with Crippen molar-refractivity contribution in [2.24, 2.45) is 0 Å². The molecule has 10 aromatic rings. The van der Waals surface area contributed by atoms with E-state index in [-0.39, 0.29) is 0 Å². The maximum absolute atomic E-state index is 6.36. The number of fused-ring (bicyclic) bond motifs is 9. The van der Waals surface area contributed by atoms with Crippen LogP contribution in [0.25, 0.3) is 99.6 Å². The van der Waals surface area contributed by atoms with Gasteiger partial charge in [-0.1, -0.05) is 91.0 Å². The molecule has 6 aromatic carbocycles. The fourth-order valence-electron chi connectivity index (χ4n) is 6.67. The Labute approximate surface area is 261 Å². The van der Waals surface area contributed by atoms with E-state index in [1.165, 1.54) is 0 Å². The topological polar surface area (TPSA) is 77.8 Å². The van der Waals surface area contributed by atoms with Gasteiger partial charge in [-0.05, 0) is 46.5 Å². The van der Waals surface area contributed by atoms with Crippen LogP contribution in [0.4, 0.5) is 0 Å². The lowest BCUT2D eigenvalue weighted by Gasteiger charge is -2.11. The van der Waals surface area contributed by atoms with E-state index < -0.39 is 0 Å². The molecule has 0 aliphatic rings. The monoisotopic (exact) mass is 590 g/mol. The van der Waals surface area contributed by atoms with Crippen LogP contribution in [0.5, 0.6) is 0 Å². The SMILES string of the molecule is c1ccc2cc(-c3nc(-c4cccc5c4ccc4c6cnccc6oc54)nc(-c4cccc5oc6ccccc6c45)n3)ccc2c1. The fourth-order valence-corrected chi connectivity index (χ4v) is 6.67. The fraction of sp³-hybridized carbons (Fsp3) is 0. The van der Waals surface area contributed by atoms with Crippen LogP contribution in [0.2, 0.25) is 0 Å². The lowest BCUT2D eigenvalue weighted by Crippen LogP contribution is -2.01. The van der Waals surface area contributed by atoms with E-state index in [4.69, 9.17) is 23.8 Å². The van der Waals surface area contributed by atoms with Gasteiger partial charge in [-0.25, -0.2) is 15.0 Å². The first-order valence-corrected chi connectivity index (χ1v) is 15.1. The highest BCUT2D eigenvalue weighted by Crippen LogP contribution is 2.39. The zero-order chi connectivity index (χ0) is 30.2. The van der Waals surface area contributed by atoms with E-state index in [1.807, 2.05) is 60.8 Å². The molecule has 0 aliphatic heterocycles. The number of nitrogens with zero attached hydrogens (tertiary/aromatic N) is 4. The molecule has 4 aromatic heterocycles. The number of hydrogen-bond acceptors (Lipinski definition) is 6. The van der Waals surface area contributed by atoms with Crippen LogP contribution in [0.3, 0.4) is 0 Å². The van der Waals surface area contributed by atoms with Gasteiger partial charge in [0, 0.05) is 56.0 Å². The Hall–Kier alpha value is -6.40. The molecule has 4 heterocycles. The van der Waals surface area contributed by atoms with Crippen LogP contribution >= 0.6 is 0 Å². The van der Waals surface area contributed by atoms with Crippen molar-refractivity contribution in [1.29, 1.82) is 0 Å². The van der Waals surface area contributed by atoms with Crippen molar-refractivity contribution in [3.63, 3.8) is 0 Å². The van der Waals surface area contributed by atoms with Gasteiger partial charge in [-0.15, -0.1) is 0 Å². The summed E-state index contributed by atoms with van der Waals surface area (Å²) in [5, 5.41) is 8.29. The summed E-state index contributed by atoms with van der Waals surface area (Å²) in [4.78, 5) is 19.7. The molecule has 0 bridgehead atoms. The molecule has 0 radical (unpaired) electrons. The Morgan fingerprint density at radius 2 is 1.13 bits per heavy atom. The summed E-state index contributed by atoms with van der Waals surface area (Å²) in [5.41, 5.74) is 5.95. The lowest BCUT2D eigenvalue weighted by molar-refractivity contribution is 0.669. The third-order valence-electron chi connectivity index (χ3n) is 8.82. The third kappa shape index (κ3) is 3.70. The van der Waals surface area contributed by atoms with E-state index in [0.717, 1.165) is 82.1 Å². The second-order valence-electron chi connectivity index (χ2n) is 11.5. The molecule has 0 unspecified atom stereocenters. The van der Waals surface area contributed by atoms with Gasteiger partial charge >= 0.3 is 0 Å². The van der Waals surface area contributed by atoms with Crippen LogP contribution in [0.1, 0.15) is 0 Å². The maximum Gasteiger partial charge on any atom is 0.164 e. The van der Waals surface area contributed by atoms with E-state index in [2.05, 4.69) is 71.7 Å². The molecule has 0 fully saturated rings. The van der Waals surface area contributed by atoms with Crippen molar-refractivity contribution in [2.45, 2.75) is 0 Å². The summed E-state index contributed by atoms with van der Waals surface area (Å²) >= 11 is 0. The number of furan rings is 2. The number of pyridine rings is 1. The lowest BCUT2D eigenvalue weighted by atomic mass is 10.0. The van der Waals surface area contributed by atoms with Crippen molar-refractivity contribution in [3.05, 3.63) is 134 Å². The van der Waals surface area contributed by atoms with Gasteiger partial charge in [0.15, 0.2) is 17.5 Å². The second-order valence-corrected chi connectivity index (χ2v) is 11.5. The zero-order valence-corrected chi connectivity index (χ0v) is 24.3. The van der Waals surface area contributed by atoms with Gasteiger partial charge in [0.2, 0.25) is 0 Å². The molecule has 0 atom stereocenters. The normalized spacial score (nSPS) is 11.9. The molecule has 6 nitrogen and oxygen atoms in total. The highest BCUT2D eigenvalue weighted by Gasteiger charge is 2.20. The Kier molecular flexibility index (Phi) is 5.19. The van der Waals surface area contributed by atoms with E-state index in [0.29, 0.717) is 17.5 Å². The van der Waals surface area contributed by atoms with E-state index in [9.17, 15) is 0 Å². The van der Waals surface area contributed by atoms with Crippen molar-refractivity contribution in [1.82, 2.24) is 19.9 Å². The summed E-state index contributed by atoms with van der Waals surface area (Å²) < 4.78 is 12.6. The summed E-state index contributed by atoms with van der Waals surface area (Å²) in [5.74, 6) is 1.77. The average molecular weight is 591 g/mol. The van der Waals surface area contributed by atoms with Crippen LogP contribution in [0.15, 0.2) is 143 Å². The minimum absolute atomic E-state index is 0.582. The Morgan fingerprint density at radius 3 is 2.09 bits per heavy atom. The van der Waals surface area contributed by atoms with Gasteiger partial charge in [-0.3, -0.25) is 4.98 Å². The summed E-state index contributed by atoms with van der Waals surface area (Å²) in [6.45, 7) is 0. The Morgan fingerprint density at radius 1 is 0.435 bits per heavy atom. The van der Waals surface area contributed by atoms with Gasteiger partial charge in [-0.2, -0.15) is 0 Å². The van der Waals surface area contributed by atoms with Crippen LogP contribution in [-0.2, 0) is 0 Å². The first-order valence-electron chi connectivity index (χ1n) is 15.1. The largest absolute Gasteiger partial charge is 0.456 e. The molecule has 10 rings (SSSR count). The van der Waals surface area contributed by atoms with E-state index >= 15 is 0 Å². The molecule has 0 amide bonds. The average Bonchev–Trinajstić information content (AvgIpc) is 3.70. The molecule has 6 heteroatoms. The number of rotatable bonds is 3. The molecule has 0 spiro atoms. The third-order valence-corrected chi connectivity index (χ3v) is 8.82. The smallest absolute Gasteiger partial charge is 0.164 e. The van der Waals surface area contributed by atoms with Gasteiger partial charge in [0.25, 0.3) is 0 Å². The molecule has 0 saturated carbocycles. The first-order chi connectivity index (χ1) is 22.8. The predicted molar refractivity (Wildman–Crippen MR) is 183 cm³/mol. The Bertz CT molecular complexity index is 2830. The standard InChI is InChI=1S/C40H22N4O2/c1-2-8-24-21-25(16-15-23(24)7-1)38-42-39(44-40(43-38)31-12-6-14-35-36(31)30-9-3-4-13-33(30)45-35)29-11-5-10-27-26(29)17-18-28-32-22-41-20-19-34(32)46-37(27)28/h1-22H. The van der Waals surface area contributed by atoms with Gasteiger partial charge in [0.1, 0.15) is 22.3 Å². The number of hydrogen-bond donors (Lipinski definition) is 0. The molecule has 0 N–H and O–H groups in total. The maximum atomic E-state index is 6.36. The van der Waals surface area contributed by atoms with Crippen molar-refractivity contribution in [2.75, 3.05) is 0 Å². The van der Waals surface area contributed by atoms with E-state index in [1.54, 1.807) is 6.20 Å². The van der Waals surface area contributed by atoms with Crippen LogP contribution in [-0.4, -0.2) is 19.9 Å². The highest BCUT2D eigenvalue weighted by molar-refractivity contribution is 6.17. The summed E-state index contributed by atoms with van der Waals surface area (Å²) in [6, 6.07) is 41.1. The minimum atomic E-state index is 0.582. The van der Waals surface area contributed by atoms with Gasteiger partial charge in [0.05, 0.1) is 0 Å².